The number of nitriles is 1. The van der Waals surface area contributed by atoms with Crippen molar-refractivity contribution in [3.63, 3.8) is 0 Å². The van der Waals surface area contributed by atoms with Crippen LogP contribution in [0.1, 0.15) is 24.1 Å². The minimum absolute atomic E-state index is 0.281. The molecular weight excluding hydrogens is 404 g/mol. The third kappa shape index (κ3) is 3.15. The highest BCUT2D eigenvalue weighted by molar-refractivity contribution is 6.37. The van der Waals surface area contributed by atoms with Crippen molar-refractivity contribution in [1.29, 1.82) is 5.26 Å². The fourth-order valence-electron chi connectivity index (χ4n) is 3.55. The molecule has 1 fully saturated rings. The molecule has 3 aromatic rings. The second kappa shape index (κ2) is 7.39. The molecule has 1 saturated carbocycles. The van der Waals surface area contributed by atoms with Crippen LogP contribution in [-0.4, -0.2) is 23.5 Å². The van der Waals surface area contributed by atoms with E-state index in [1.807, 2.05) is 36.4 Å². The SMILES string of the molecule is COc1ccc2c(c1)c(Cl)c(C#N)n2-c1ccc(CNC(=O)C2(C(N)=O)CC2)cc1. The summed E-state index contributed by atoms with van der Waals surface area (Å²) in [4.78, 5) is 23.7. The van der Waals surface area contributed by atoms with Crippen LogP contribution in [0.15, 0.2) is 42.5 Å². The Bertz CT molecular complexity index is 1200. The van der Waals surface area contributed by atoms with E-state index in [1.54, 1.807) is 17.7 Å². The van der Waals surface area contributed by atoms with Gasteiger partial charge in [0.25, 0.3) is 0 Å². The number of primary amides is 1. The van der Waals surface area contributed by atoms with E-state index in [-0.39, 0.29) is 12.5 Å². The van der Waals surface area contributed by atoms with Crippen molar-refractivity contribution in [2.75, 3.05) is 7.11 Å². The van der Waals surface area contributed by atoms with E-state index < -0.39 is 11.3 Å². The van der Waals surface area contributed by atoms with Gasteiger partial charge in [0.15, 0.2) is 0 Å². The van der Waals surface area contributed by atoms with Crippen LogP contribution >= 0.6 is 11.6 Å². The summed E-state index contributed by atoms with van der Waals surface area (Å²) in [5.74, 6) is -0.253. The largest absolute Gasteiger partial charge is 0.497 e. The standard InChI is InChI=1S/C22H19ClN4O3/c1-30-15-6-7-17-16(10-15)19(23)18(11-24)27(17)14-4-2-13(3-5-14)12-26-21(29)22(8-9-22)20(25)28/h2-7,10H,8-9,12H2,1H3,(H2,25,28)(H,26,29). The first-order valence-electron chi connectivity index (χ1n) is 9.37. The quantitative estimate of drug-likeness (QED) is 0.595. The molecule has 0 unspecified atom stereocenters. The van der Waals surface area contributed by atoms with Crippen LogP contribution in [0, 0.1) is 16.7 Å². The average Bonchev–Trinajstić information content (AvgIpc) is 3.53. The lowest BCUT2D eigenvalue weighted by molar-refractivity contribution is -0.135. The summed E-state index contributed by atoms with van der Waals surface area (Å²) in [6.07, 6.45) is 0.993. The first-order valence-corrected chi connectivity index (χ1v) is 9.74. The Balaban J connectivity index is 1.60. The normalized spacial score (nSPS) is 14.2. The highest BCUT2D eigenvalue weighted by Gasteiger charge is 2.55. The number of halogens is 1. The van der Waals surface area contributed by atoms with Crippen LogP contribution in [0.2, 0.25) is 5.02 Å². The number of amides is 2. The first-order chi connectivity index (χ1) is 14.4. The van der Waals surface area contributed by atoms with Gasteiger partial charge in [-0.25, -0.2) is 0 Å². The predicted octanol–water partition coefficient (Wildman–Crippen LogP) is 3.05. The minimum atomic E-state index is -1.04. The van der Waals surface area contributed by atoms with Crippen molar-refractivity contribution >= 4 is 34.3 Å². The number of methoxy groups -OCH3 is 1. The van der Waals surface area contributed by atoms with Crippen LogP contribution in [0.3, 0.4) is 0 Å². The molecule has 0 aliphatic heterocycles. The van der Waals surface area contributed by atoms with Crippen molar-refractivity contribution in [1.82, 2.24) is 9.88 Å². The topological polar surface area (TPSA) is 110 Å². The number of ether oxygens (including phenoxy) is 1. The van der Waals surface area contributed by atoms with Crippen LogP contribution in [0.4, 0.5) is 0 Å². The number of carbonyl (C=O) groups excluding carboxylic acids is 2. The fourth-order valence-corrected chi connectivity index (χ4v) is 3.83. The van der Waals surface area contributed by atoms with Crippen LogP contribution < -0.4 is 15.8 Å². The summed E-state index contributed by atoms with van der Waals surface area (Å²) >= 11 is 6.45. The van der Waals surface area contributed by atoms with Gasteiger partial charge in [-0.15, -0.1) is 0 Å². The number of aromatic nitrogens is 1. The summed E-state index contributed by atoms with van der Waals surface area (Å²) in [5.41, 5.74) is 7.03. The Morgan fingerprint density at radius 2 is 1.97 bits per heavy atom. The molecule has 30 heavy (non-hydrogen) atoms. The Kier molecular flexibility index (Phi) is 4.88. The smallest absolute Gasteiger partial charge is 0.235 e. The molecule has 2 amide bonds. The molecule has 2 aromatic carbocycles. The van der Waals surface area contributed by atoms with Gasteiger partial charge in [-0.2, -0.15) is 5.26 Å². The summed E-state index contributed by atoms with van der Waals surface area (Å²) in [5, 5.41) is 13.5. The van der Waals surface area contributed by atoms with E-state index >= 15 is 0 Å². The zero-order valence-corrected chi connectivity index (χ0v) is 17.0. The number of rotatable bonds is 6. The lowest BCUT2D eigenvalue weighted by Gasteiger charge is -2.12. The fraction of sp³-hybridized carbons (Fsp3) is 0.227. The van der Waals surface area contributed by atoms with Crippen LogP contribution in [-0.2, 0) is 16.1 Å². The average molecular weight is 423 g/mol. The van der Waals surface area contributed by atoms with Crippen LogP contribution in [0.25, 0.3) is 16.6 Å². The summed E-state index contributed by atoms with van der Waals surface area (Å²) in [7, 11) is 1.57. The van der Waals surface area contributed by atoms with E-state index in [2.05, 4.69) is 11.4 Å². The lowest BCUT2D eigenvalue weighted by atomic mass is 10.1. The Labute approximate surface area is 178 Å². The number of hydrogen-bond acceptors (Lipinski definition) is 4. The number of nitrogens with two attached hydrogens (primary N) is 1. The van der Waals surface area contributed by atoms with Gasteiger partial charge in [0.1, 0.15) is 22.9 Å². The summed E-state index contributed by atoms with van der Waals surface area (Å²) < 4.78 is 7.04. The van der Waals surface area contributed by atoms with Gasteiger partial charge in [0.2, 0.25) is 11.8 Å². The van der Waals surface area contributed by atoms with E-state index in [4.69, 9.17) is 22.1 Å². The molecule has 8 heteroatoms. The summed E-state index contributed by atoms with van der Waals surface area (Å²) in [6.45, 7) is 0.281. The number of nitrogens with one attached hydrogen (secondary N) is 1. The van der Waals surface area contributed by atoms with Gasteiger partial charge in [-0.3, -0.25) is 14.2 Å². The second-order valence-corrected chi connectivity index (χ2v) is 7.67. The Morgan fingerprint density at radius 3 is 2.53 bits per heavy atom. The van der Waals surface area contributed by atoms with E-state index in [0.29, 0.717) is 29.3 Å². The molecule has 0 spiro atoms. The number of hydrogen-bond donors (Lipinski definition) is 2. The molecule has 0 bridgehead atoms. The third-order valence-electron chi connectivity index (χ3n) is 5.52. The van der Waals surface area contributed by atoms with Gasteiger partial charge >= 0.3 is 0 Å². The molecule has 1 heterocycles. The monoisotopic (exact) mass is 422 g/mol. The summed E-state index contributed by atoms with van der Waals surface area (Å²) in [6, 6.07) is 15.0. The van der Waals surface area contributed by atoms with Crippen molar-refractivity contribution < 1.29 is 14.3 Å². The number of carbonyl (C=O) groups is 2. The molecule has 0 radical (unpaired) electrons. The maximum absolute atomic E-state index is 12.2. The highest BCUT2D eigenvalue weighted by atomic mass is 35.5. The number of benzene rings is 2. The zero-order valence-electron chi connectivity index (χ0n) is 16.2. The van der Waals surface area contributed by atoms with Crippen molar-refractivity contribution in [3.05, 3.63) is 58.7 Å². The molecule has 4 rings (SSSR count). The second-order valence-electron chi connectivity index (χ2n) is 7.29. The van der Waals surface area contributed by atoms with E-state index in [0.717, 1.165) is 22.2 Å². The van der Waals surface area contributed by atoms with Crippen LogP contribution in [0.5, 0.6) is 5.75 Å². The minimum Gasteiger partial charge on any atom is -0.497 e. The maximum Gasteiger partial charge on any atom is 0.235 e. The highest BCUT2D eigenvalue weighted by Crippen LogP contribution is 2.45. The molecule has 1 aliphatic carbocycles. The van der Waals surface area contributed by atoms with Gasteiger partial charge in [-0.05, 0) is 48.7 Å². The number of fused-ring (bicyclic) bond motifs is 1. The van der Waals surface area contributed by atoms with Crippen molar-refractivity contribution in [2.45, 2.75) is 19.4 Å². The van der Waals surface area contributed by atoms with Crippen molar-refractivity contribution in [2.24, 2.45) is 11.1 Å². The predicted molar refractivity (Wildman–Crippen MR) is 112 cm³/mol. The molecular formula is C22H19ClN4O3. The van der Waals surface area contributed by atoms with Gasteiger partial charge in [-0.1, -0.05) is 23.7 Å². The molecule has 7 nitrogen and oxygen atoms in total. The molecule has 0 saturated heterocycles. The molecule has 3 N–H and O–H groups in total. The molecule has 0 atom stereocenters. The third-order valence-corrected chi connectivity index (χ3v) is 5.91. The molecule has 152 valence electrons. The Morgan fingerprint density at radius 1 is 1.27 bits per heavy atom. The zero-order chi connectivity index (χ0) is 21.5. The van der Waals surface area contributed by atoms with Gasteiger partial charge in [0, 0.05) is 17.6 Å². The Hall–Kier alpha value is -3.50. The lowest BCUT2D eigenvalue weighted by Crippen LogP contribution is -2.40. The first kappa shape index (κ1) is 19.8. The number of nitrogens with zero attached hydrogens (tertiary/aromatic N) is 2. The van der Waals surface area contributed by atoms with Gasteiger partial charge in [0.05, 0.1) is 17.6 Å². The van der Waals surface area contributed by atoms with Crippen molar-refractivity contribution in [3.8, 4) is 17.5 Å². The van der Waals surface area contributed by atoms with E-state index in [9.17, 15) is 14.9 Å². The molecule has 1 aromatic heterocycles. The maximum atomic E-state index is 12.2. The van der Waals surface area contributed by atoms with Gasteiger partial charge < -0.3 is 15.8 Å². The van der Waals surface area contributed by atoms with E-state index in [1.165, 1.54) is 0 Å². The molecule has 1 aliphatic rings.